The molecule has 0 aliphatic rings. The van der Waals surface area contributed by atoms with Gasteiger partial charge in [0.05, 0.1) is 9.88 Å². The zero-order valence-corrected chi connectivity index (χ0v) is 8.78. The van der Waals surface area contributed by atoms with Crippen molar-refractivity contribution in [1.82, 2.24) is 4.98 Å². The molecule has 0 radical (unpaired) electrons. The Morgan fingerprint density at radius 2 is 2.38 bits per heavy atom. The summed E-state index contributed by atoms with van der Waals surface area (Å²) >= 11 is 1.45. The number of hydrogen-bond donors (Lipinski definition) is 0. The molecule has 2 nitrogen and oxygen atoms in total. The average Bonchev–Trinajstić information content (AvgIpc) is 2.51. The summed E-state index contributed by atoms with van der Waals surface area (Å²) in [6.07, 6.45) is 2.97. The number of ketones is 1. The molecule has 13 heavy (non-hydrogen) atoms. The standard InChI is InChI=1S/C10H13NOS/c1-4-7(2)5-9(12)10-6-11-8(3)13-10/h6H,2,4-5H2,1,3H3. The molecule has 3 heteroatoms. The summed E-state index contributed by atoms with van der Waals surface area (Å²) in [7, 11) is 0. The molecular weight excluding hydrogens is 182 g/mol. The highest BCUT2D eigenvalue weighted by molar-refractivity contribution is 7.13. The van der Waals surface area contributed by atoms with E-state index in [1.807, 2.05) is 13.8 Å². The van der Waals surface area contributed by atoms with Gasteiger partial charge in [0.15, 0.2) is 5.78 Å². The fourth-order valence-corrected chi connectivity index (χ4v) is 1.64. The Balaban J connectivity index is 2.64. The van der Waals surface area contributed by atoms with Crippen molar-refractivity contribution in [3.8, 4) is 0 Å². The van der Waals surface area contributed by atoms with Crippen LogP contribution < -0.4 is 0 Å². The highest BCUT2D eigenvalue weighted by Crippen LogP contribution is 2.16. The summed E-state index contributed by atoms with van der Waals surface area (Å²) in [6, 6.07) is 0. The molecule has 0 unspecified atom stereocenters. The van der Waals surface area contributed by atoms with Gasteiger partial charge in [0, 0.05) is 12.6 Å². The van der Waals surface area contributed by atoms with Gasteiger partial charge in [-0.15, -0.1) is 11.3 Å². The zero-order chi connectivity index (χ0) is 9.84. The van der Waals surface area contributed by atoms with E-state index >= 15 is 0 Å². The van der Waals surface area contributed by atoms with E-state index in [0.717, 1.165) is 21.9 Å². The molecule has 0 N–H and O–H groups in total. The van der Waals surface area contributed by atoms with Crippen molar-refractivity contribution in [2.24, 2.45) is 0 Å². The molecule has 0 bridgehead atoms. The van der Waals surface area contributed by atoms with E-state index in [2.05, 4.69) is 11.6 Å². The van der Waals surface area contributed by atoms with Crippen LogP contribution in [0.15, 0.2) is 18.3 Å². The quantitative estimate of drug-likeness (QED) is 0.546. The Labute approximate surface area is 82.3 Å². The SMILES string of the molecule is C=C(CC)CC(=O)c1cnc(C)s1. The molecule has 0 saturated heterocycles. The predicted octanol–water partition coefficient (Wildman–Crippen LogP) is 2.99. The van der Waals surface area contributed by atoms with Crippen LogP contribution in [0.2, 0.25) is 0 Å². The minimum atomic E-state index is 0.137. The third kappa shape index (κ3) is 2.77. The number of carbonyl (C=O) groups is 1. The van der Waals surface area contributed by atoms with Crippen molar-refractivity contribution in [1.29, 1.82) is 0 Å². The van der Waals surface area contributed by atoms with Gasteiger partial charge in [0.2, 0.25) is 0 Å². The van der Waals surface area contributed by atoms with Crippen LogP contribution >= 0.6 is 11.3 Å². The molecule has 0 amide bonds. The number of aryl methyl sites for hydroxylation is 1. The summed E-state index contributed by atoms with van der Waals surface area (Å²) in [5.41, 5.74) is 0.982. The van der Waals surface area contributed by atoms with Gasteiger partial charge in [-0.25, -0.2) is 4.98 Å². The molecule has 70 valence electrons. The summed E-state index contributed by atoms with van der Waals surface area (Å²) < 4.78 is 0. The maximum Gasteiger partial charge on any atom is 0.178 e. The number of allylic oxidation sites excluding steroid dienone is 1. The van der Waals surface area contributed by atoms with Crippen LogP contribution in [0.4, 0.5) is 0 Å². The van der Waals surface area contributed by atoms with Crippen molar-refractivity contribution in [2.75, 3.05) is 0 Å². The molecule has 0 aliphatic carbocycles. The van der Waals surface area contributed by atoms with Gasteiger partial charge in [-0.3, -0.25) is 4.79 Å². The zero-order valence-electron chi connectivity index (χ0n) is 7.96. The van der Waals surface area contributed by atoms with Gasteiger partial charge in [-0.2, -0.15) is 0 Å². The van der Waals surface area contributed by atoms with Crippen molar-refractivity contribution in [2.45, 2.75) is 26.7 Å². The Kier molecular flexibility index (Phi) is 3.37. The number of rotatable bonds is 4. The van der Waals surface area contributed by atoms with Crippen LogP contribution in [0.3, 0.4) is 0 Å². The lowest BCUT2D eigenvalue weighted by Crippen LogP contribution is -1.96. The maximum absolute atomic E-state index is 11.5. The van der Waals surface area contributed by atoms with E-state index < -0.39 is 0 Å². The van der Waals surface area contributed by atoms with Crippen LogP contribution in [0.25, 0.3) is 0 Å². The molecule has 0 spiro atoms. The van der Waals surface area contributed by atoms with Gasteiger partial charge < -0.3 is 0 Å². The van der Waals surface area contributed by atoms with Crippen molar-refractivity contribution < 1.29 is 4.79 Å². The lowest BCUT2D eigenvalue weighted by molar-refractivity contribution is 0.0996. The van der Waals surface area contributed by atoms with E-state index in [4.69, 9.17) is 0 Å². The van der Waals surface area contributed by atoms with Gasteiger partial charge in [-0.1, -0.05) is 19.1 Å². The highest BCUT2D eigenvalue weighted by Gasteiger charge is 2.09. The minimum absolute atomic E-state index is 0.137. The van der Waals surface area contributed by atoms with Gasteiger partial charge >= 0.3 is 0 Å². The van der Waals surface area contributed by atoms with Gasteiger partial charge in [-0.05, 0) is 13.3 Å². The Morgan fingerprint density at radius 1 is 1.69 bits per heavy atom. The van der Waals surface area contributed by atoms with Crippen LogP contribution in [0.1, 0.15) is 34.4 Å². The number of hydrogen-bond acceptors (Lipinski definition) is 3. The van der Waals surface area contributed by atoms with E-state index in [-0.39, 0.29) is 5.78 Å². The van der Waals surface area contributed by atoms with Crippen molar-refractivity contribution in [3.05, 3.63) is 28.2 Å². The Bertz CT molecular complexity index is 327. The predicted molar refractivity (Wildman–Crippen MR) is 55.2 cm³/mol. The van der Waals surface area contributed by atoms with Crippen LogP contribution in [0, 0.1) is 6.92 Å². The minimum Gasteiger partial charge on any atom is -0.293 e. The van der Waals surface area contributed by atoms with Crippen LogP contribution in [-0.2, 0) is 0 Å². The van der Waals surface area contributed by atoms with Gasteiger partial charge in [0.1, 0.15) is 0 Å². The first kappa shape index (κ1) is 10.1. The van der Waals surface area contributed by atoms with Crippen LogP contribution in [-0.4, -0.2) is 10.8 Å². The summed E-state index contributed by atoms with van der Waals surface area (Å²) in [5, 5.41) is 0.936. The number of thiazole rings is 1. The topological polar surface area (TPSA) is 30.0 Å². The molecule has 0 atom stereocenters. The third-order valence-corrected chi connectivity index (χ3v) is 2.76. The number of carbonyl (C=O) groups excluding carboxylic acids is 1. The third-order valence-electron chi connectivity index (χ3n) is 1.81. The smallest absolute Gasteiger partial charge is 0.178 e. The summed E-state index contributed by atoms with van der Waals surface area (Å²) in [5.74, 6) is 0.137. The van der Waals surface area contributed by atoms with E-state index in [1.54, 1.807) is 6.20 Å². The molecule has 1 heterocycles. The molecule has 0 fully saturated rings. The number of nitrogens with zero attached hydrogens (tertiary/aromatic N) is 1. The molecule has 0 saturated carbocycles. The molecule has 1 aromatic rings. The molecular formula is C10H13NOS. The Morgan fingerprint density at radius 3 is 2.85 bits per heavy atom. The molecule has 0 aliphatic heterocycles. The van der Waals surface area contributed by atoms with Crippen molar-refractivity contribution in [3.63, 3.8) is 0 Å². The largest absolute Gasteiger partial charge is 0.293 e. The normalized spacial score (nSPS) is 10.0. The van der Waals surface area contributed by atoms with E-state index in [1.165, 1.54) is 11.3 Å². The van der Waals surface area contributed by atoms with Gasteiger partial charge in [0.25, 0.3) is 0 Å². The number of aromatic nitrogens is 1. The average molecular weight is 195 g/mol. The van der Waals surface area contributed by atoms with Crippen LogP contribution in [0.5, 0.6) is 0 Å². The maximum atomic E-state index is 11.5. The summed E-state index contributed by atoms with van der Waals surface area (Å²) in [4.78, 5) is 16.3. The number of Topliss-reactive ketones (excluding diaryl/α,β-unsaturated/α-hetero) is 1. The Hall–Kier alpha value is -0.960. The lowest BCUT2D eigenvalue weighted by Gasteiger charge is -1.97. The van der Waals surface area contributed by atoms with E-state index in [9.17, 15) is 4.79 Å². The summed E-state index contributed by atoms with van der Waals surface area (Å²) in [6.45, 7) is 7.72. The first-order valence-corrected chi connectivity index (χ1v) is 5.07. The first-order valence-electron chi connectivity index (χ1n) is 4.25. The molecule has 0 aromatic carbocycles. The second-order valence-corrected chi connectivity index (χ2v) is 4.18. The molecule has 1 rings (SSSR count). The fourth-order valence-electron chi connectivity index (χ4n) is 0.929. The first-order chi connectivity index (χ1) is 6.13. The molecule has 1 aromatic heterocycles. The lowest BCUT2D eigenvalue weighted by atomic mass is 10.1. The monoisotopic (exact) mass is 195 g/mol. The second-order valence-electron chi connectivity index (χ2n) is 2.95. The van der Waals surface area contributed by atoms with E-state index in [0.29, 0.717) is 6.42 Å². The fraction of sp³-hybridized carbons (Fsp3) is 0.400. The van der Waals surface area contributed by atoms with Crippen molar-refractivity contribution >= 4 is 17.1 Å². The second kappa shape index (κ2) is 4.33. The highest BCUT2D eigenvalue weighted by atomic mass is 32.1.